The number of carbonyl (C=O) groups excluding carboxylic acids is 1. The summed E-state index contributed by atoms with van der Waals surface area (Å²) in [5, 5.41) is 0. The Morgan fingerprint density at radius 2 is 1.75 bits per heavy atom. The van der Waals surface area contributed by atoms with E-state index in [1.807, 2.05) is 24.3 Å². The topological polar surface area (TPSA) is 30.2 Å². The van der Waals surface area contributed by atoms with E-state index in [0.29, 0.717) is 17.0 Å². The van der Waals surface area contributed by atoms with Crippen molar-refractivity contribution >= 4 is 5.78 Å². The van der Waals surface area contributed by atoms with Crippen LogP contribution in [0.15, 0.2) is 47.3 Å². The van der Waals surface area contributed by atoms with Crippen LogP contribution in [0.4, 0.5) is 0 Å². The molecule has 0 saturated heterocycles. The van der Waals surface area contributed by atoms with Gasteiger partial charge in [0.15, 0.2) is 5.78 Å². The quantitative estimate of drug-likeness (QED) is 0.730. The third-order valence-corrected chi connectivity index (χ3v) is 2.62. The van der Waals surface area contributed by atoms with Gasteiger partial charge in [-0.2, -0.15) is 0 Å². The summed E-state index contributed by atoms with van der Waals surface area (Å²) in [5.41, 5.74) is 2.53. The first-order chi connectivity index (χ1) is 7.68. The molecule has 16 heavy (non-hydrogen) atoms. The van der Waals surface area contributed by atoms with E-state index in [1.54, 1.807) is 6.07 Å². The minimum Gasteiger partial charge on any atom is -0.472 e. The van der Waals surface area contributed by atoms with E-state index in [4.69, 9.17) is 4.42 Å². The first-order valence-electron chi connectivity index (χ1n) is 5.35. The van der Waals surface area contributed by atoms with Gasteiger partial charge in [-0.1, -0.05) is 38.1 Å². The Morgan fingerprint density at radius 1 is 1.06 bits per heavy atom. The summed E-state index contributed by atoms with van der Waals surface area (Å²) < 4.78 is 4.90. The Labute approximate surface area is 94.9 Å². The van der Waals surface area contributed by atoms with Crippen LogP contribution in [0.3, 0.4) is 0 Å². The molecule has 0 aliphatic rings. The average molecular weight is 214 g/mol. The standard InChI is InChI=1S/C14H14O2/c1-10(2)11-3-5-12(6-4-11)14(15)13-7-8-16-9-13/h3-10H,1-2H3. The van der Waals surface area contributed by atoms with Crippen molar-refractivity contribution in [1.82, 2.24) is 0 Å². The molecule has 0 aliphatic heterocycles. The zero-order valence-electron chi connectivity index (χ0n) is 9.44. The molecule has 0 unspecified atom stereocenters. The zero-order valence-corrected chi connectivity index (χ0v) is 9.44. The number of benzene rings is 1. The Bertz CT molecular complexity index is 464. The summed E-state index contributed by atoms with van der Waals surface area (Å²) in [6, 6.07) is 9.41. The Balaban J connectivity index is 2.25. The van der Waals surface area contributed by atoms with Crippen molar-refractivity contribution < 1.29 is 9.21 Å². The molecule has 1 aromatic heterocycles. The molecule has 0 aliphatic carbocycles. The Kier molecular flexibility index (Phi) is 2.91. The minimum atomic E-state index is 0.00376. The molecule has 2 nitrogen and oxygen atoms in total. The van der Waals surface area contributed by atoms with Gasteiger partial charge in [0.1, 0.15) is 6.26 Å². The third-order valence-electron chi connectivity index (χ3n) is 2.62. The minimum absolute atomic E-state index is 0.00376. The highest BCUT2D eigenvalue weighted by molar-refractivity contribution is 6.08. The summed E-state index contributed by atoms with van der Waals surface area (Å²) >= 11 is 0. The number of carbonyl (C=O) groups is 1. The highest BCUT2D eigenvalue weighted by Gasteiger charge is 2.10. The van der Waals surface area contributed by atoms with Crippen LogP contribution in [-0.4, -0.2) is 5.78 Å². The number of ketones is 1. The summed E-state index contributed by atoms with van der Waals surface area (Å²) in [7, 11) is 0. The number of furan rings is 1. The van der Waals surface area contributed by atoms with E-state index in [2.05, 4.69) is 13.8 Å². The van der Waals surface area contributed by atoms with E-state index in [1.165, 1.54) is 18.1 Å². The van der Waals surface area contributed by atoms with Gasteiger partial charge in [0.2, 0.25) is 0 Å². The van der Waals surface area contributed by atoms with E-state index in [9.17, 15) is 4.79 Å². The maximum absolute atomic E-state index is 11.9. The first-order valence-corrected chi connectivity index (χ1v) is 5.35. The molecule has 0 fully saturated rings. The summed E-state index contributed by atoms with van der Waals surface area (Å²) in [6.45, 7) is 4.26. The average Bonchev–Trinajstić information content (AvgIpc) is 2.81. The van der Waals surface area contributed by atoms with E-state index < -0.39 is 0 Å². The maximum Gasteiger partial charge on any atom is 0.196 e. The molecule has 0 atom stereocenters. The highest BCUT2D eigenvalue weighted by atomic mass is 16.3. The summed E-state index contributed by atoms with van der Waals surface area (Å²) in [6.07, 6.45) is 2.98. The van der Waals surface area contributed by atoms with Gasteiger partial charge in [-0.25, -0.2) is 0 Å². The molecule has 0 radical (unpaired) electrons. The van der Waals surface area contributed by atoms with Crippen LogP contribution in [0, 0.1) is 0 Å². The van der Waals surface area contributed by atoms with Gasteiger partial charge in [-0.3, -0.25) is 4.79 Å². The van der Waals surface area contributed by atoms with Crippen LogP contribution in [0.25, 0.3) is 0 Å². The second-order valence-electron chi connectivity index (χ2n) is 4.12. The monoisotopic (exact) mass is 214 g/mol. The van der Waals surface area contributed by atoms with Gasteiger partial charge in [0.25, 0.3) is 0 Å². The van der Waals surface area contributed by atoms with Gasteiger partial charge in [-0.15, -0.1) is 0 Å². The fraction of sp³-hybridized carbons (Fsp3) is 0.214. The van der Waals surface area contributed by atoms with Crippen LogP contribution in [-0.2, 0) is 0 Å². The lowest BCUT2D eigenvalue weighted by Crippen LogP contribution is -1.99. The van der Waals surface area contributed by atoms with Crippen LogP contribution in [0.2, 0.25) is 0 Å². The fourth-order valence-electron chi connectivity index (χ4n) is 1.58. The van der Waals surface area contributed by atoms with E-state index in [-0.39, 0.29) is 5.78 Å². The predicted molar refractivity (Wildman–Crippen MR) is 62.7 cm³/mol. The number of rotatable bonds is 3. The fourth-order valence-corrected chi connectivity index (χ4v) is 1.58. The Morgan fingerprint density at radius 3 is 2.25 bits per heavy atom. The maximum atomic E-state index is 11.9. The molecule has 0 N–H and O–H groups in total. The summed E-state index contributed by atoms with van der Waals surface area (Å²) in [5.74, 6) is 0.488. The van der Waals surface area contributed by atoms with E-state index >= 15 is 0 Å². The summed E-state index contributed by atoms with van der Waals surface area (Å²) in [4.78, 5) is 11.9. The molecular weight excluding hydrogens is 200 g/mol. The highest BCUT2D eigenvalue weighted by Crippen LogP contribution is 2.16. The lowest BCUT2D eigenvalue weighted by atomic mass is 9.99. The van der Waals surface area contributed by atoms with Crippen LogP contribution in [0.1, 0.15) is 41.3 Å². The van der Waals surface area contributed by atoms with E-state index in [0.717, 1.165) is 0 Å². The molecule has 0 bridgehead atoms. The van der Waals surface area contributed by atoms with Crippen molar-refractivity contribution in [2.24, 2.45) is 0 Å². The van der Waals surface area contributed by atoms with Gasteiger partial charge in [0.05, 0.1) is 11.8 Å². The molecule has 1 aromatic carbocycles. The Hall–Kier alpha value is -1.83. The largest absolute Gasteiger partial charge is 0.472 e. The van der Waals surface area contributed by atoms with Crippen LogP contribution >= 0.6 is 0 Å². The van der Waals surface area contributed by atoms with Gasteiger partial charge < -0.3 is 4.42 Å². The molecule has 2 heteroatoms. The molecule has 1 heterocycles. The predicted octanol–water partition coefficient (Wildman–Crippen LogP) is 3.63. The molecule has 2 rings (SSSR count). The van der Waals surface area contributed by atoms with Gasteiger partial charge in [-0.05, 0) is 17.5 Å². The normalized spacial score (nSPS) is 10.7. The SMILES string of the molecule is CC(C)c1ccc(C(=O)c2ccoc2)cc1. The van der Waals surface area contributed by atoms with Crippen molar-refractivity contribution in [2.45, 2.75) is 19.8 Å². The first kappa shape index (κ1) is 10.7. The lowest BCUT2D eigenvalue weighted by Gasteiger charge is -2.05. The van der Waals surface area contributed by atoms with Gasteiger partial charge in [0, 0.05) is 5.56 Å². The third kappa shape index (κ3) is 2.06. The van der Waals surface area contributed by atoms with Crippen molar-refractivity contribution in [3.8, 4) is 0 Å². The molecule has 0 amide bonds. The van der Waals surface area contributed by atoms with Crippen molar-refractivity contribution in [3.05, 3.63) is 59.5 Å². The molecule has 82 valence electrons. The molecule has 0 spiro atoms. The van der Waals surface area contributed by atoms with Crippen molar-refractivity contribution in [3.63, 3.8) is 0 Å². The van der Waals surface area contributed by atoms with Crippen molar-refractivity contribution in [1.29, 1.82) is 0 Å². The number of hydrogen-bond acceptors (Lipinski definition) is 2. The lowest BCUT2D eigenvalue weighted by molar-refractivity contribution is 0.103. The molecule has 2 aromatic rings. The van der Waals surface area contributed by atoms with Crippen LogP contribution in [0.5, 0.6) is 0 Å². The van der Waals surface area contributed by atoms with Crippen molar-refractivity contribution in [2.75, 3.05) is 0 Å². The smallest absolute Gasteiger partial charge is 0.196 e. The second-order valence-corrected chi connectivity index (χ2v) is 4.12. The molecule has 0 saturated carbocycles. The zero-order chi connectivity index (χ0) is 11.5. The van der Waals surface area contributed by atoms with Gasteiger partial charge >= 0.3 is 0 Å². The second kappa shape index (κ2) is 4.35. The molecular formula is C14H14O2. The van der Waals surface area contributed by atoms with Crippen LogP contribution < -0.4 is 0 Å². The number of hydrogen-bond donors (Lipinski definition) is 0.